The smallest absolute Gasteiger partial charge is 0.273 e. The van der Waals surface area contributed by atoms with Gasteiger partial charge in [-0.3, -0.25) is 4.79 Å². The number of thiazole rings is 1. The van der Waals surface area contributed by atoms with E-state index in [1.807, 2.05) is 44.2 Å². The van der Waals surface area contributed by atoms with Gasteiger partial charge in [0.15, 0.2) is 0 Å². The van der Waals surface area contributed by atoms with Gasteiger partial charge >= 0.3 is 0 Å². The highest BCUT2D eigenvalue weighted by Gasteiger charge is 2.18. The number of rotatable bonds is 6. The summed E-state index contributed by atoms with van der Waals surface area (Å²) in [4.78, 5) is 18.6. The number of halogens is 2. The fourth-order valence-electron chi connectivity index (χ4n) is 2.44. The number of nitrogens with zero attached hydrogens (tertiary/aromatic N) is 2. The quantitative estimate of drug-likeness (QED) is 0.465. The number of aromatic nitrogens is 1. The third-order valence-corrected chi connectivity index (χ3v) is 5.79. The summed E-state index contributed by atoms with van der Waals surface area (Å²) < 4.78 is 5.87. The van der Waals surface area contributed by atoms with E-state index in [4.69, 9.17) is 27.9 Å². The Morgan fingerprint density at radius 2 is 2.00 bits per heavy atom. The van der Waals surface area contributed by atoms with Crippen molar-refractivity contribution in [3.8, 4) is 16.3 Å². The Hall–Kier alpha value is -2.08. The third-order valence-electron chi connectivity index (χ3n) is 4.31. The molecule has 2 aromatic carbocycles. The van der Waals surface area contributed by atoms with Crippen molar-refractivity contribution >= 4 is 40.4 Å². The minimum Gasteiger partial charge on any atom is -0.489 e. The summed E-state index contributed by atoms with van der Waals surface area (Å²) in [6.07, 6.45) is 0. The van der Waals surface area contributed by atoms with Gasteiger partial charge in [0.2, 0.25) is 0 Å². The molecule has 28 heavy (non-hydrogen) atoms. The average molecular weight is 435 g/mol. The Labute approximate surface area is 178 Å². The van der Waals surface area contributed by atoms with Crippen LogP contribution in [0.2, 0.25) is 10.0 Å². The molecule has 4 nitrogen and oxygen atoms in total. The number of ether oxygens (including phenoxy) is 1. The van der Waals surface area contributed by atoms with Gasteiger partial charge in [0, 0.05) is 39.6 Å². The normalized spacial score (nSPS) is 10.9. The van der Waals surface area contributed by atoms with Crippen molar-refractivity contribution in [1.82, 2.24) is 9.88 Å². The van der Waals surface area contributed by atoms with Crippen molar-refractivity contribution in [3.05, 3.63) is 69.1 Å². The first-order valence-electron chi connectivity index (χ1n) is 8.75. The van der Waals surface area contributed by atoms with E-state index in [0.29, 0.717) is 28.1 Å². The fourth-order valence-corrected chi connectivity index (χ4v) is 3.69. The van der Waals surface area contributed by atoms with E-state index in [1.165, 1.54) is 11.3 Å². The molecule has 0 radical (unpaired) electrons. The van der Waals surface area contributed by atoms with Gasteiger partial charge in [-0.2, -0.15) is 0 Å². The summed E-state index contributed by atoms with van der Waals surface area (Å²) in [5.74, 6) is 0.619. The topological polar surface area (TPSA) is 42.4 Å². The fraction of sp³-hybridized carbons (Fsp3) is 0.238. The average Bonchev–Trinajstić information content (AvgIpc) is 3.16. The molecule has 0 aliphatic rings. The van der Waals surface area contributed by atoms with Crippen molar-refractivity contribution in [3.63, 3.8) is 0 Å². The van der Waals surface area contributed by atoms with E-state index in [0.717, 1.165) is 16.1 Å². The molecule has 1 amide bonds. The summed E-state index contributed by atoms with van der Waals surface area (Å²) in [5.41, 5.74) is 2.21. The van der Waals surface area contributed by atoms with Crippen molar-refractivity contribution in [2.75, 3.05) is 7.05 Å². The van der Waals surface area contributed by atoms with Crippen LogP contribution >= 0.6 is 34.5 Å². The zero-order valence-corrected chi connectivity index (χ0v) is 18.1. The van der Waals surface area contributed by atoms with Gasteiger partial charge < -0.3 is 9.64 Å². The molecule has 1 aromatic heterocycles. The predicted molar refractivity (Wildman–Crippen MR) is 116 cm³/mol. The molecule has 0 saturated carbocycles. The molecular formula is C21H20Cl2N2O2S. The third kappa shape index (κ3) is 4.85. The molecule has 146 valence electrons. The van der Waals surface area contributed by atoms with E-state index in [2.05, 4.69) is 4.98 Å². The van der Waals surface area contributed by atoms with E-state index in [1.54, 1.807) is 29.5 Å². The SMILES string of the molecule is CC(C)N(C)C(=O)c1csc(-c2cccc(OCc3ccc(Cl)cc3Cl)c2)n1. The Kier molecular flexibility index (Phi) is 6.60. The minimum atomic E-state index is -0.0812. The lowest BCUT2D eigenvalue weighted by atomic mass is 10.2. The monoisotopic (exact) mass is 434 g/mol. The Balaban J connectivity index is 1.74. The number of carbonyl (C=O) groups excluding carboxylic acids is 1. The lowest BCUT2D eigenvalue weighted by Gasteiger charge is -2.19. The van der Waals surface area contributed by atoms with Crippen LogP contribution in [0.1, 0.15) is 29.9 Å². The summed E-state index contributed by atoms with van der Waals surface area (Å²) in [6.45, 7) is 4.28. The summed E-state index contributed by atoms with van der Waals surface area (Å²) in [5, 5.41) is 3.72. The summed E-state index contributed by atoms with van der Waals surface area (Å²) in [6, 6.07) is 13.1. The second-order valence-electron chi connectivity index (χ2n) is 6.60. The van der Waals surface area contributed by atoms with Gasteiger partial charge in [0.25, 0.3) is 5.91 Å². The lowest BCUT2D eigenvalue weighted by molar-refractivity contribution is 0.0750. The Bertz CT molecular complexity index is 988. The second kappa shape index (κ2) is 8.95. The molecule has 3 aromatic rings. The second-order valence-corrected chi connectivity index (χ2v) is 8.30. The molecule has 0 atom stereocenters. The predicted octanol–water partition coefficient (Wildman–Crippen LogP) is 6.18. The van der Waals surface area contributed by atoms with Crippen LogP contribution in [0.5, 0.6) is 5.75 Å². The molecule has 0 unspecified atom stereocenters. The number of hydrogen-bond donors (Lipinski definition) is 0. The van der Waals surface area contributed by atoms with Crippen molar-refractivity contribution < 1.29 is 9.53 Å². The first-order valence-corrected chi connectivity index (χ1v) is 10.4. The zero-order valence-electron chi connectivity index (χ0n) is 15.8. The molecule has 1 heterocycles. The van der Waals surface area contributed by atoms with Crippen molar-refractivity contribution in [2.45, 2.75) is 26.5 Å². The molecule has 0 aliphatic heterocycles. The first-order chi connectivity index (χ1) is 13.3. The standard InChI is InChI=1S/C21H20Cl2N2O2S/c1-13(2)25(3)21(26)19-12-28-20(24-19)14-5-4-6-17(9-14)27-11-15-7-8-16(22)10-18(15)23/h4-10,12-13H,11H2,1-3H3. The van der Waals surface area contributed by atoms with E-state index in [9.17, 15) is 4.79 Å². The maximum absolute atomic E-state index is 12.4. The van der Waals surface area contributed by atoms with Gasteiger partial charge in [-0.15, -0.1) is 11.3 Å². The Morgan fingerprint density at radius 1 is 1.21 bits per heavy atom. The first kappa shape index (κ1) is 20.6. The summed E-state index contributed by atoms with van der Waals surface area (Å²) >= 11 is 13.6. The van der Waals surface area contributed by atoms with Crippen LogP contribution in [0.4, 0.5) is 0 Å². The Morgan fingerprint density at radius 3 is 2.71 bits per heavy atom. The molecule has 0 fully saturated rings. The van der Waals surface area contributed by atoms with E-state index >= 15 is 0 Å². The van der Waals surface area contributed by atoms with Gasteiger partial charge in [0.05, 0.1) is 0 Å². The van der Waals surface area contributed by atoms with Gasteiger partial charge in [-0.25, -0.2) is 4.98 Å². The zero-order chi connectivity index (χ0) is 20.3. The highest BCUT2D eigenvalue weighted by Crippen LogP contribution is 2.28. The highest BCUT2D eigenvalue weighted by molar-refractivity contribution is 7.13. The molecule has 3 rings (SSSR count). The molecule has 0 bridgehead atoms. The van der Waals surface area contributed by atoms with Crippen LogP contribution in [-0.4, -0.2) is 28.9 Å². The van der Waals surface area contributed by atoms with E-state index in [-0.39, 0.29) is 11.9 Å². The molecular weight excluding hydrogens is 415 g/mol. The molecule has 0 saturated heterocycles. The van der Waals surface area contributed by atoms with Crippen LogP contribution in [0, 0.1) is 0 Å². The molecule has 0 spiro atoms. The number of benzene rings is 2. The maximum atomic E-state index is 12.4. The summed E-state index contributed by atoms with van der Waals surface area (Å²) in [7, 11) is 1.78. The van der Waals surface area contributed by atoms with E-state index < -0.39 is 0 Å². The van der Waals surface area contributed by atoms with Crippen LogP contribution in [0.25, 0.3) is 10.6 Å². The number of amides is 1. The van der Waals surface area contributed by atoms with Crippen LogP contribution in [0.15, 0.2) is 47.8 Å². The highest BCUT2D eigenvalue weighted by atomic mass is 35.5. The number of carbonyl (C=O) groups is 1. The van der Waals surface area contributed by atoms with Crippen molar-refractivity contribution in [1.29, 1.82) is 0 Å². The van der Waals surface area contributed by atoms with Gasteiger partial charge in [-0.05, 0) is 38.1 Å². The van der Waals surface area contributed by atoms with Crippen LogP contribution in [0.3, 0.4) is 0 Å². The maximum Gasteiger partial charge on any atom is 0.273 e. The largest absolute Gasteiger partial charge is 0.489 e. The lowest BCUT2D eigenvalue weighted by Crippen LogP contribution is -2.33. The molecule has 0 N–H and O–H groups in total. The minimum absolute atomic E-state index is 0.0812. The van der Waals surface area contributed by atoms with Crippen LogP contribution < -0.4 is 4.74 Å². The van der Waals surface area contributed by atoms with Crippen molar-refractivity contribution in [2.24, 2.45) is 0 Å². The van der Waals surface area contributed by atoms with Crippen LogP contribution in [-0.2, 0) is 6.61 Å². The van der Waals surface area contributed by atoms with Gasteiger partial charge in [-0.1, -0.05) is 41.4 Å². The molecule has 7 heteroatoms. The number of hydrogen-bond acceptors (Lipinski definition) is 4. The van der Waals surface area contributed by atoms with Gasteiger partial charge in [0.1, 0.15) is 23.1 Å². The molecule has 0 aliphatic carbocycles.